The molecule has 3 nitrogen and oxygen atoms in total. The van der Waals surface area contributed by atoms with Crippen LogP contribution < -0.4 is 0 Å². The van der Waals surface area contributed by atoms with E-state index in [4.69, 9.17) is 4.74 Å². The Morgan fingerprint density at radius 3 is 2.50 bits per heavy atom. The minimum absolute atomic E-state index is 0.0627. The Balaban J connectivity index is 1.94. The molecule has 1 aliphatic rings. The molecule has 3 heteroatoms. The zero-order chi connectivity index (χ0) is 16.1. The molecule has 1 fully saturated rings. The molecule has 1 saturated carbocycles. The molecule has 0 aliphatic heterocycles. The fraction of sp³-hybridized carbons (Fsp3) is 0.579. The van der Waals surface area contributed by atoms with Gasteiger partial charge in [0.15, 0.2) is 12.4 Å². The van der Waals surface area contributed by atoms with Crippen LogP contribution in [0.3, 0.4) is 0 Å². The number of hydrogen-bond acceptors (Lipinski definition) is 3. The molecule has 0 amide bonds. The van der Waals surface area contributed by atoms with E-state index in [1.54, 1.807) is 12.1 Å². The van der Waals surface area contributed by atoms with Crippen molar-refractivity contribution < 1.29 is 14.3 Å². The second-order valence-electron chi connectivity index (χ2n) is 6.83. The Morgan fingerprint density at radius 2 is 1.86 bits per heavy atom. The van der Waals surface area contributed by atoms with Crippen molar-refractivity contribution >= 4 is 11.8 Å². The van der Waals surface area contributed by atoms with Gasteiger partial charge in [0.1, 0.15) is 0 Å². The first-order valence-electron chi connectivity index (χ1n) is 8.24. The van der Waals surface area contributed by atoms with E-state index in [-0.39, 0.29) is 24.3 Å². The molecule has 0 radical (unpaired) electrons. The Morgan fingerprint density at radius 1 is 1.18 bits per heavy atom. The fourth-order valence-electron chi connectivity index (χ4n) is 3.42. The predicted octanol–water partition coefficient (Wildman–Crippen LogP) is 4.12. The minimum Gasteiger partial charge on any atom is -0.457 e. The van der Waals surface area contributed by atoms with Crippen LogP contribution in [0, 0.1) is 23.7 Å². The first-order valence-corrected chi connectivity index (χ1v) is 8.24. The fourth-order valence-corrected chi connectivity index (χ4v) is 3.42. The van der Waals surface area contributed by atoms with Crippen LogP contribution in [0.25, 0.3) is 0 Å². The lowest BCUT2D eigenvalue weighted by molar-refractivity contribution is -0.152. The Bertz CT molecular complexity index is 507. The number of benzene rings is 1. The first-order chi connectivity index (χ1) is 10.5. The second-order valence-corrected chi connectivity index (χ2v) is 6.83. The third-order valence-corrected chi connectivity index (χ3v) is 4.77. The van der Waals surface area contributed by atoms with Crippen molar-refractivity contribution in [3.8, 4) is 0 Å². The molecular formula is C19H26O3. The van der Waals surface area contributed by atoms with E-state index >= 15 is 0 Å². The third kappa shape index (κ3) is 4.19. The number of hydrogen-bond donors (Lipinski definition) is 0. The van der Waals surface area contributed by atoms with Crippen molar-refractivity contribution in [1.29, 1.82) is 0 Å². The SMILES string of the molecule is CC(C)[C@H]1CC[C@H](C)C[C@@H]1C(=O)OCC(=O)c1ccccc1. The van der Waals surface area contributed by atoms with Crippen LogP contribution in [-0.4, -0.2) is 18.4 Å². The lowest BCUT2D eigenvalue weighted by Gasteiger charge is -2.35. The monoisotopic (exact) mass is 302 g/mol. The number of Topliss-reactive ketones (excluding diaryl/α,β-unsaturated/α-hetero) is 1. The minimum atomic E-state index is -0.200. The number of rotatable bonds is 5. The Labute approximate surface area is 133 Å². The maximum absolute atomic E-state index is 12.4. The highest BCUT2D eigenvalue weighted by molar-refractivity contribution is 5.97. The molecule has 0 spiro atoms. The maximum atomic E-state index is 12.4. The molecule has 120 valence electrons. The molecule has 1 aromatic carbocycles. The van der Waals surface area contributed by atoms with Gasteiger partial charge in [0, 0.05) is 5.56 Å². The zero-order valence-corrected chi connectivity index (χ0v) is 13.7. The van der Waals surface area contributed by atoms with Gasteiger partial charge in [0.05, 0.1) is 5.92 Å². The molecule has 0 N–H and O–H groups in total. The van der Waals surface area contributed by atoms with Crippen molar-refractivity contribution in [2.75, 3.05) is 6.61 Å². The number of esters is 1. The van der Waals surface area contributed by atoms with Gasteiger partial charge >= 0.3 is 5.97 Å². The van der Waals surface area contributed by atoms with Gasteiger partial charge in [-0.3, -0.25) is 9.59 Å². The van der Waals surface area contributed by atoms with E-state index in [0.29, 0.717) is 23.3 Å². The number of carbonyl (C=O) groups is 2. The average Bonchev–Trinajstić information content (AvgIpc) is 2.52. The quantitative estimate of drug-likeness (QED) is 0.607. The standard InChI is InChI=1S/C19H26O3/c1-13(2)16-10-9-14(3)11-17(16)19(21)22-12-18(20)15-7-5-4-6-8-15/h4-8,13-14,16-17H,9-12H2,1-3H3/t14-,16+,17-/m0/s1. The highest BCUT2D eigenvalue weighted by Gasteiger charge is 2.36. The van der Waals surface area contributed by atoms with Gasteiger partial charge in [-0.2, -0.15) is 0 Å². The summed E-state index contributed by atoms with van der Waals surface area (Å²) in [6, 6.07) is 8.98. The highest BCUT2D eigenvalue weighted by Crippen LogP contribution is 2.38. The van der Waals surface area contributed by atoms with Gasteiger partial charge in [-0.25, -0.2) is 0 Å². The largest absolute Gasteiger partial charge is 0.457 e. The van der Waals surface area contributed by atoms with Crippen LogP contribution in [0.4, 0.5) is 0 Å². The summed E-state index contributed by atoms with van der Waals surface area (Å²) in [6.07, 6.45) is 3.13. The van der Waals surface area contributed by atoms with E-state index in [1.807, 2.05) is 18.2 Å². The number of ether oxygens (including phenoxy) is 1. The summed E-state index contributed by atoms with van der Waals surface area (Å²) in [7, 11) is 0. The molecule has 0 aromatic heterocycles. The molecule has 3 atom stereocenters. The van der Waals surface area contributed by atoms with Gasteiger partial charge in [-0.1, -0.05) is 57.5 Å². The predicted molar refractivity (Wildman–Crippen MR) is 86.6 cm³/mol. The summed E-state index contributed by atoms with van der Waals surface area (Å²) >= 11 is 0. The van der Waals surface area contributed by atoms with Crippen LogP contribution in [0.15, 0.2) is 30.3 Å². The topological polar surface area (TPSA) is 43.4 Å². The molecule has 0 bridgehead atoms. The molecule has 2 rings (SSSR count). The summed E-state index contributed by atoms with van der Waals surface area (Å²) in [5.74, 6) is 0.989. The van der Waals surface area contributed by atoms with Crippen molar-refractivity contribution in [2.45, 2.75) is 40.0 Å². The summed E-state index contributed by atoms with van der Waals surface area (Å²) in [6.45, 7) is 6.36. The summed E-state index contributed by atoms with van der Waals surface area (Å²) in [4.78, 5) is 24.5. The lowest BCUT2D eigenvalue weighted by Crippen LogP contribution is -2.35. The maximum Gasteiger partial charge on any atom is 0.309 e. The molecule has 0 saturated heterocycles. The van der Waals surface area contributed by atoms with Crippen molar-refractivity contribution in [3.63, 3.8) is 0 Å². The molecule has 22 heavy (non-hydrogen) atoms. The van der Waals surface area contributed by atoms with Gasteiger partial charge in [-0.05, 0) is 30.6 Å². The summed E-state index contributed by atoms with van der Waals surface area (Å²) in [5, 5.41) is 0. The molecule has 0 heterocycles. The van der Waals surface area contributed by atoms with Crippen molar-refractivity contribution in [3.05, 3.63) is 35.9 Å². The van der Waals surface area contributed by atoms with Crippen LogP contribution in [0.5, 0.6) is 0 Å². The van der Waals surface area contributed by atoms with Gasteiger partial charge in [-0.15, -0.1) is 0 Å². The number of carbonyl (C=O) groups excluding carboxylic acids is 2. The van der Waals surface area contributed by atoms with Crippen LogP contribution >= 0.6 is 0 Å². The van der Waals surface area contributed by atoms with Crippen LogP contribution in [-0.2, 0) is 9.53 Å². The smallest absolute Gasteiger partial charge is 0.309 e. The molecule has 1 aromatic rings. The zero-order valence-electron chi connectivity index (χ0n) is 13.7. The van der Waals surface area contributed by atoms with E-state index in [1.165, 1.54) is 6.42 Å². The Hall–Kier alpha value is -1.64. The van der Waals surface area contributed by atoms with Crippen LogP contribution in [0.2, 0.25) is 0 Å². The van der Waals surface area contributed by atoms with Crippen molar-refractivity contribution in [2.24, 2.45) is 23.7 Å². The Kier molecular flexibility index (Phi) is 5.76. The average molecular weight is 302 g/mol. The van der Waals surface area contributed by atoms with Gasteiger partial charge in [0.2, 0.25) is 0 Å². The first kappa shape index (κ1) is 16.7. The second kappa shape index (κ2) is 7.57. The lowest BCUT2D eigenvalue weighted by atomic mass is 9.70. The third-order valence-electron chi connectivity index (χ3n) is 4.77. The van der Waals surface area contributed by atoms with E-state index < -0.39 is 0 Å². The summed E-state index contributed by atoms with van der Waals surface area (Å²) < 4.78 is 5.34. The van der Waals surface area contributed by atoms with E-state index in [9.17, 15) is 9.59 Å². The molecule has 0 unspecified atom stereocenters. The van der Waals surface area contributed by atoms with Gasteiger partial charge < -0.3 is 4.74 Å². The normalized spacial score (nSPS) is 25.0. The van der Waals surface area contributed by atoms with E-state index in [2.05, 4.69) is 20.8 Å². The number of ketones is 1. The van der Waals surface area contributed by atoms with Crippen molar-refractivity contribution in [1.82, 2.24) is 0 Å². The van der Waals surface area contributed by atoms with Crippen LogP contribution in [0.1, 0.15) is 50.4 Å². The molecule has 1 aliphatic carbocycles. The van der Waals surface area contributed by atoms with E-state index in [0.717, 1.165) is 12.8 Å². The summed E-state index contributed by atoms with van der Waals surface area (Å²) in [5.41, 5.74) is 0.590. The molecular weight excluding hydrogens is 276 g/mol. The highest BCUT2D eigenvalue weighted by atomic mass is 16.5. The van der Waals surface area contributed by atoms with Gasteiger partial charge in [0.25, 0.3) is 0 Å².